The number of benzene rings is 2. The van der Waals surface area contributed by atoms with Crippen LogP contribution in [0.4, 0.5) is 5.69 Å². The van der Waals surface area contributed by atoms with Crippen LogP contribution in [-0.4, -0.2) is 31.1 Å². The highest BCUT2D eigenvalue weighted by molar-refractivity contribution is 7.80. The maximum Gasteiger partial charge on any atom is 0.466 e. The first-order chi connectivity index (χ1) is 12.7. The number of rotatable bonds is 3. The van der Waals surface area contributed by atoms with Gasteiger partial charge in [0.25, 0.3) is 5.91 Å². The summed E-state index contributed by atoms with van der Waals surface area (Å²) in [4.78, 5) is 14.7. The number of hydrogen-bond acceptors (Lipinski definition) is 5. The fourth-order valence-electron chi connectivity index (χ4n) is 3.04. The minimum Gasteiger partial charge on any atom is -0.307 e. The van der Waals surface area contributed by atoms with Crippen molar-refractivity contribution in [3.63, 3.8) is 0 Å². The van der Waals surface area contributed by atoms with Crippen LogP contribution in [0.3, 0.4) is 0 Å². The number of nitrogens with zero attached hydrogens (tertiary/aromatic N) is 2. The maximum absolute atomic E-state index is 13.1. The molecule has 3 rings (SSSR count). The normalized spacial score (nSPS) is 15.6. The molecule has 0 radical (unpaired) electrons. The van der Waals surface area contributed by atoms with Gasteiger partial charge < -0.3 is 4.90 Å². The van der Waals surface area contributed by atoms with E-state index in [1.54, 1.807) is 29.2 Å². The van der Waals surface area contributed by atoms with E-state index in [9.17, 15) is 13.2 Å². The molecule has 0 unspecified atom stereocenters. The van der Waals surface area contributed by atoms with Crippen LogP contribution in [0.5, 0.6) is 0 Å². The summed E-state index contributed by atoms with van der Waals surface area (Å²) in [6.45, 7) is 4.08. The van der Waals surface area contributed by atoms with E-state index in [0.29, 0.717) is 27.5 Å². The Morgan fingerprint density at radius 2 is 1.96 bits per heavy atom. The molecule has 0 saturated carbocycles. The van der Waals surface area contributed by atoms with Crippen LogP contribution in [0, 0.1) is 13.8 Å². The molecular weight excluding hydrogens is 392 g/mol. The van der Waals surface area contributed by atoms with Gasteiger partial charge in [-0.05, 0) is 43.7 Å². The number of fused-ring (bicyclic) bond motifs is 1. The van der Waals surface area contributed by atoms with E-state index in [-0.39, 0.29) is 18.9 Å². The van der Waals surface area contributed by atoms with E-state index in [1.165, 1.54) is 0 Å². The minimum atomic E-state index is -4.71. The van der Waals surface area contributed by atoms with Gasteiger partial charge in [-0.25, -0.2) is 4.28 Å². The lowest BCUT2D eigenvalue weighted by atomic mass is 9.97. The van der Waals surface area contributed by atoms with Gasteiger partial charge in [0, 0.05) is 29.1 Å². The fourth-order valence-corrected chi connectivity index (χ4v) is 3.39. The molecule has 2 aromatic rings. The smallest absolute Gasteiger partial charge is 0.307 e. The van der Waals surface area contributed by atoms with Gasteiger partial charge in [-0.2, -0.15) is 8.42 Å². The van der Waals surface area contributed by atoms with Crippen molar-refractivity contribution in [3.05, 3.63) is 63.7 Å². The second-order valence-corrected chi connectivity index (χ2v) is 7.67. The predicted octanol–water partition coefficient (Wildman–Crippen LogP) is 3.53. The summed E-state index contributed by atoms with van der Waals surface area (Å²) in [6, 6.07) is 10.4. The van der Waals surface area contributed by atoms with Crippen LogP contribution >= 0.6 is 11.6 Å². The number of oxime groups is 1. The third-order valence-corrected chi connectivity index (χ3v) is 4.73. The molecule has 1 heterocycles. The van der Waals surface area contributed by atoms with Crippen molar-refractivity contribution in [2.45, 2.75) is 20.3 Å². The van der Waals surface area contributed by atoms with Gasteiger partial charge in [0.05, 0.1) is 11.4 Å². The van der Waals surface area contributed by atoms with Crippen molar-refractivity contribution in [1.29, 1.82) is 0 Å². The lowest BCUT2D eigenvalue weighted by molar-refractivity contribution is 0.0986. The Balaban J connectivity index is 2.03. The molecule has 7 nitrogen and oxygen atoms in total. The van der Waals surface area contributed by atoms with Crippen molar-refractivity contribution in [1.82, 2.24) is 0 Å². The van der Waals surface area contributed by atoms with Crippen molar-refractivity contribution in [2.75, 3.05) is 11.4 Å². The largest absolute Gasteiger partial charge is 0.466 e. The van der Waals surface area contributed by atoms with Crippen LogP contribution in [-0.2, 0) is 14.7 Å². The standard InChI is InChI=1S/C18H17ClN2O5S/c1-11-3-5-14(12(2)9-11)18(22)21-8-7-16(20-26-27(23,24)25)15-6-4-13(19)10-17(15)21/h3-6,9-10H,7-8H2,1-2H3,(H,23,24,25)/b20-16+. The highest BCUT2D eigenvalue weighted by Gasteiger charge is 2.28. The fraction of sp³-hybridized carbons (Fsp3) is 0.222. The summed E-state index contributed by atoms with van der Waals surface area (Å²) in [5.41, 5.74) is 3.79. The first-order valence-electron chi connectivity index (χ1n) is 8.07. The highest BCUT2D eigenvalue weighted by Crippen LogP contribution is 2.32. The summed E-state index contributed by atoms with van der Waals surface area (Å²) < 4.78 is 34.5. The van der Waals surface area contributed by atoms with E-state index < -0.39 is 10.4 Å². The molecule has 1 N–H and O–H groups in total. The number of halogens is 1. The number of anilines is 1. The van der Waals surface area contributed by atoms with Crippen molar-refractivity contribution in [2.24, 2.45) is 5.16 Å². The quantitative estimate of drug-likeness (QED) is 0.619. The molecule has 0 aliphatic carbocycles. The Bertz CT molecular complexity index is 1050. The Morgan fingerprint density at radius 3 is 2.63 bits per heavy atom. The molecule has 1 aliphatic rings. The summed E-state index contributed by atoms with van der Waals surface area (Å²) in [6.07, 6.45) is 0.251. The minimum absolute atomic E-state index is 0.189. The van der Waals surface area contributed by atoms with Crippen molar-refractivity contribution < 1.29 is 22.0 Å². The van der Waals surface area contributed by atoms with E-state index in [4.69, 9.17) is 16.2 Å². The monoisotopic (exact) mass is 408 g/mol. The van der Waals surface area contributed by atoms with Crippen molar-refractivity contribution >= 4 is 39.3 Å². The number of amides is 1. The number of hydrogen-bond donors (Lipinski definition) is 1. The lowest BCUT2D eigenvalue weighted by Gasteiger charge is -2.30. The Hall–Kier alpha value is -2.42. The molecule has 0 spiro atoms. The molecule has 27 heavy (non-hydrogen) atoms. The third-order valence-electron chi connectivity index (χ3n) is 4.23. The van der Waals surface area contributed by atoms with Crippen LogP contribution in [0.1, 0.15) is 33.5 Å². The van der Waals surface area contributed by atoms with Crippen LogP contribution < -0.4 is 4.90 Å². The van der Waals surface area contributed by atoms with E-state index in [1.807, 2.05) is 26.0 Å². The summed E-state index contributed by atoms with van der Waals surface area (Å²) >= 11 is 6.10. The topological polar surface area (TPSA) is 96.3 Å². The molecular formula is C18H17ClN2O5S. The Kier molecular flexibility index (Phi) is 5.23. The van der Waals surface area contributed by atoms with E-state index >= 15 is 0 Å². The van der Waals surface area contributed by atoms with Gasteiger partial charge in [0.15, 0.2) is 0 Å². The molecule has 2 aromatic carbocycles. The van der Waals surface area contributed by atoms with Gasteiger partial charge in [-0.15, -0.1) is 0 Å². The Labute approximate surface area is 162 Å². The van der Waals surface area contributed by atoms with Gasteiger partial charge in [0.1, 0.15) is 0 Å². The van der Waals surface area contributed by atoms with Gasteiger partial charge >= 0.3 is 10.4 Å². The van der Waals surface area contributed by atoms with Crippen molar-refractivity contribution in [3.8, 4) is 0 Å². The molecule has 0 atom stereocenters. The zero-order chi connectivity index (χ0) is 19.8. The SMILES string of the molecule is Cc1ccc(C(=O)N2CC/C(=N\OS(=O)(=O)O)c3ccc(Cl)cc32)c(C)c1. The van der Waals surface area contributed by atoms with Gasteiger partial charge in [-0.3, -0.25) is 9.35 Å². The zero-order valence-electron chi connectivity index (χ0n) is 14.6. The number of aryl methyl sites for hydroxylation is 2. The molecule has 142 valence electrons. The first-order valence-corrected chi connectivity index (χ1v) is 9.82. The first kappa shape index (κ1) is 19.3. The van der Waals surface area contributed by atoms with Crippen LogP contribution in [0.25, 0.3) is 0 Å². The second-order valence-electron chi connectivity index (χ2n) is 6.23. The Morgan fingerprint density at radius 1 is 1.22 bits per heavy atom. The molecule has 1 amide bonds. The molecule has 0 aromatic heterocycles. The van der Waals surface area contributed by atoms with Gasteiger partial charge in [0.2, 0.25) is 0 Å². The molecule has 0 fully saturated rings. The third kappa shape index (κ3) is 4.29. The highest BCUT2D eigenvalue weighted by atomic mass is 35.5. The molecule has 0 bridgehead atoms. The van der Waals surface area contributed by atoms with Crippen LogP contribution in [0.15, 0.2) is 41.6 Å². The van der Waals surface area contributed by atoms with E-state index in [0.717, 1.165) is 11.1 Å². The number of carbonyl (C=O) groups is 1. The maximum atomic E-state index is 13.1. The molecule has 0 saturated heterocycles. The zero-order valence-corrected chi connectivity index (χ0v) is 16.2. The van der Waals surface area contributed by atoms with E-state index in [2.05, 4.69) is 9.44 Å². The molecule has 1 aliphatic heterocycles. The summed E-state index contributed by atoms with van der Waals surface area (Å²) in [7, 11) is -4.71. The summed E-state index contributed by atoms with van der Waals surface area (Å²) in [5, 5.41) is 3.94. The molecule has 9 heteroatoms. The van der Waals surface area contributed by atoms with Gasteiger partial charge in [-0.1, -0.05) is 34.5 Å². The van der Waals surface area contributed by atoms with Crippen LogP contribution in [0.2, 0.25) is 5.02 Å². The summed E-state index contributed by atoms with van der Waals surface area (Å²) in [5.74, 6) is -0.189. The number of carbonyl (C=O) groups excluding carboxylic acids is 1. The average Bonchev–Trinajstić information content (AvgIpc) is 2.58. The lowest BCUT2D eigenvalue weighted by Crippen LogP contribution is -2.38. The predicted molar refractivity (Wildman–Crippen MR) is 103 cm³/mol. The second kappa shape index (κ2) is 7.30. The average molecular weight is 409 g/mol.